The van der Waals surface area contributed by atoms with Crippen LogP contribution < -0.4 is 15.4 Å². The zero-order valence-corrected chi connectivity index (χ0v) is 20.3. The minimum absolute atomic E-state index is 0.163. The number of carbonyl (C=O) groups excluding carboxylic acids is 2. The van der Waals surface area contributed by atoms with E-state index in [1.54, 1.807) is 70.2 Å². The highest BCUT2D eigenvalue weighted by atomic mass is 35.5. The van der Waals surface area contributed by atoms with Gasteiger partial charge in [0.05, 0.1) is 12.2 Å². The van der Waals surface area contributed by atoms with Gasteiger partial charge in [-0.05, 0) is 76.2 Å². The minimum atomic E-state index is -0.585. The van der Waals surface area contributed by atoms with Gasteiger partial charge >= 0.3 is 6.09 Å². The molecule has 0 bridgehead atoms. The second kappa shape index (κ2) is 11.0. The second-order valence-corrected chi connectivity index (χ2v) is 8.87. The van der Waals surface area contributed by atoms with E-state index in [1.807, 2.05) is 12.1 Å². The Labute approximate surface area is 203 Å². The Bertz CT molecular complexity index is 1160. The number of benzene rings is 1. The van der Waals surface area contributed by atoms with E-state index in [4.69, 9.17) is 21.1 Å². The highest BCUT2D eigenvalue weighted by molar-refractivity contribution is 6.33. The molecule has 0 saturated carbocycles. The van der Waals surface area contributed by atoms with Gasteiger partial charge < -0.3 is 14.8 Å². The van der Waals surface area contributed by atoms with E-state index in [9.17, 15) is 9.59 Å². The number of rotatable bonds is 7. The first kappa shape index (κ1) is 25.0. The lowest BCUT2D eigenvalue weighted by Crippen LogP contribution is -2.27. The standard InChI is InChI=1S/C25H27ClN4O4/c1-16-8-13-20(22(26)27-16)23(31)29-18-9-11-19(12-10-18)33-15-14-17-6-5-7-21(28-17)30-24(32)34-25(2,3)4/h5-13H,14-15H2,1-4H3,(H,29,31)(H,28,30,32). The van der Waals surface area contributed by atoms with Crippen LogP contribution in [0, 0.1) is 6.92 Å². The lowest BCUT2D eigenvalue weighted by molar-refractivity contribution is 0.0635. The molecule has 0 aliphatic rings. The summed E-state index contributed by atoms with van der Waals surface area (Å²) in [5, 5.41) is 5.58. The number of aromatic nitrogens is 2. The Balaban J connectivity index is 1.49. The van der Waals surface area contributed by atoms with Gasteiger partial charge in [0, 0.05) is 23.5 Å². The summed E-state index contributed by atoms with van der Waals surface area (Å²) in [6.45, 7) is 7.58. The van der Waals surface area contributed by atoms with E-state index in [-0.39, 0.29) is 11.1 Å². The quantitative estimate of drug-likeness (QED) is 0.421. The van der Waals surface area contributed by atoms with Crippen molar-refractivity contribution in [1.29, 1.82) is 0 Å². The van der Waals surface area contributed by atoms with Gasteiger partial charge in [0.25, 0.3) is 5.91 Å². The molecule has 2 amide bonds. The van der Waals surface area contributed by atoms with E-state index >= 15 is 0 Å². The summed E-state index contributed by atoms with van der Waals surface area (Å²) < 4.78 is 11.0. The van der Waals surface area contributed by atoms with Crippen LogP contribution in [0.1, 0.15) is 42.5 Å². The van der Waals surface area contributed by atoms with Crippen molar-refractivity contribution in [3.8, 4) is 5.75 Å². The summed E-state index contributed by atoms with van der Waals surface area (Å²) >= 11 is 6.06. The first-order chi connectivity index (χ1) is 16.1. The summed E-state index contributed by atoms with van der Waals surface area (Å²) in [5.41, 5.74) is 1.84. The zero-order chi connectivity index (χ0) is 24.7. The maximum atomic E-state index is 12.4. The van der Waals surface area contributed by atoms with E-state index in [0.29, 0.717) is 35.8 Å². The molecule has 9 heteroatoms. The van der Waals surface area contributed by atoms with E-state index in [2.05, 4.69) is 20.6 Å². The molecule has 34 heavy (non-hydrogen) atoms. The molecule has 8 nitrogen and oxygen atoms in total. The Morgan fingerprint density at radius 1 is 0.971 bits per heavy atom. The molecular weight excluding hydrogens is 456 g/mol. The van der Waals surface area contributed by atoms with Gasteiger partial charge in [-0.3, -0.25) is 10.1 Å². The smallest absolute Gasteiger partial charge is 0.413 e. The highest BCUT2D eigenvalue weighted by Gasteiger charge is 2.16. The van der Waals surface area contributed by atoms with Crippen LogP contribution in [0.5, 0.6) is 5.75 Å². The van der Waals surface area contributed by atoms with Crippen LogP contribution in [-0.4, -0.2) is 34.2 Å². The van der Waals surface area contributed by atoms with Gasteiger partial charge in [-0.25, -0.2) is 14.8 Å². The summed E-state index contributed by atoms with van der Waals surface area (Å²) in [6.07, 6.45) is -0.0113. The van der Waals surface area contributed by atoms with Gasteiger partial charge in [-0.1, -0.05) is 17.7 Å². The number of nitrogens with one attached hydrogen (secondary N) is 2. The number of hydrogen-bond donors (Lipinski definition) is 2. The molecular formula is C25H27ClN4O4. The van der Waals surface area contributed by atoms with Crippen molar-refractivity contribution in [3.63, 3.8) is 0 Å². The third-order valence-corrected chi connectivity index (χ3v) is 4.70. The monoisotopic (exact) mass is 482 g/mol. The van der Waals surface area contributed by atoms with Crippen molar-refractivity contribution in [3.05, 3.63) is 76.7 Å². The highest BCUT2D eigenvalue weighted by Crippen LogP contribution is 2.19. The van der Waals surface area contributed by atoms with Crippen LogP contribution in [0.4, 0.5) is 16.3 Å². The minimum Gasteiger partial charge on any atom is -0.493 e. The molecule has 0 saturated heterocycles. The van der Waals surface area contributed by atoms with E-state index in [0.717, 1.165) is 11.4 Å². The number of ether oxygens (including phenoxy) is 2. The van der Waals surface area contributed by atoms with E-state index in [1.165, 1.54) is 0 Å². The lowest BCUT2D eigenvalue weighted by Gasteiger charge is -2.19. The lowest BCUT2D eigenvalue weighted by atomic mass is 10.2. The number of nitrogens with zero attached hydrogens (tertiary/aromatic N) is 2. The molecule has 0 spiro atoms. The van der Waals surface area contributed by atoms with Crippen molar-refractivity contribution in [2.45, 2.75) is 39.7 Å². The predicted molar refractivity (Wildman–Crippen MR) is 132 cm³/mol. The SMILES string of the molecule is Cc1ccc(C(=O)Nc2ccc(OCCc3cccc(NC(=O)OC(C)(C)C)n3)cc2)c(Cl)n1. The van der Waals surface area contributed by atoms with Gasteiger partial charge in [-0.2, -0.15) is 0 Å². The molecule has 0 atom stereocenters. The topological polar surface area (TPSA) is 102 Å². The average Bonchev–Trinajstić information content (AvgIpc) is 2.74. The third kappa shape index (κ3) is 7.74. The number of aryl methyl sites for hydroxylation is 1. The molecule has 2 aromatic heterocycles. The van der Waals surface area contributed by atoms with Gasteiger partial charge in [0.15, 0.2) is 0 Å². The fourth-order valence-electron chi connectivity index (χ4n) is 2.90. The molecule has 1 aromatic carbocycles. The van der Waals surface area contributed by atoms with Crippen LogP contribution in [0.3, 0.4) is 0 Å². The molecule has 0 fully saturated rings. The summed E-state index contributed by atoms with van der Waals surface area (Å²) in [4.78, 5) is 32.8. The molecule has 178 valence electrons. The number of anilines is 2. The Morgan fingerprint density at radius 3 is 2.38 bits per heavy atom. The molecule has 0 aliphatic carbocycles. The van der Waals surface area contributed by atoms with Gasteiger partial charge in [0.1, 0.15) is 22.3 Å². The maximum Gasteiger partial charge on any atom is 0.413 e. The van der Waals surface area contributed by atoms with Crippen molar-refractivity contribution in [2.75, 3.05) is 17.2 Å². The molecule has 3 rings (SSSR count). The van der Waals surface area contributed by atoms with Crippen LogP contribution >= 0.6 is 11.6 Å². The Kier molecular flexibility index (Phi) is 8.07. The maximum absolute atomic E-state index is 12.4. The summed E-state index contributed by atoms with van der Waals surface area (Å²) in [6, 6.07) is 15.7. The number of amides is 2. The van der Waals surface area contributed by atoms with Gasteiger partial charge in [-0.15, -0.1) is 0 Å². The molecule has 2 heterocycles. The number of pyridine rings is 2. The zero-order valence-electron chi connectivity index (χ0n) is 19.5. The number of halogens is 1. The Morgan fingerprint density at radius 2 is 1.71 bits per heavy atom. The van der Waals surface area contributed by atoms with Crippen molar-refractivity contribution < 1.29 is 19.1 Å². The van der Waals surface area contributed by atoms with Crippen molar-refractivity contribution in [2.24, 2.45) is 0 Å². The van der Waals surface area contributed by atoms with E-state index < -0.39 is 11.7 Å². The van der Waals surface area contributed by atoms with Crippen LogP contribution in [0.25, 0.3) is 0 Å². The molecule has 0 aliphatic heterocycles. The van der Waals surface area contributed by atoms with Crippen molar-refractivity contribution >= 4 is 35.1 Å². The molecule has 0 unspecified atom stereocenters. The summed E-state index contributed by atoms with van der Waals surface area (Å²) in [5.74, 6) is 0.726. The largest absolute Gasteiger partial charge is 0.493 e. The molecule has 3 aromatic rings. The molecule has 2 N–H and O–H groups in total. The third-order valence-electron chi connectivity index (χ3n) is 4.41. The second-order valence-electron chi connectivity index (χ2n) is 8.51. The predicted octanol–water partition coefficient (Wildman–Crippen LogP) is 5.66. The van der Waals surface area contributed by atoms with Crippen LogP contribution in [0.2, 0.25) is 5.15 Å². The fourth-order valence-corrected chi connectivity index (χ4v) is 3.18. The number of hydrogen-bond acceptors (Lipinski definition) is 6. The normalized spacial score (nSPS) is 11.0. The average molecular weight is 483 g/mol. The Hall–Kier alpha value is -3.65. The molecule has 0 radical (unpaired) electrons. The summed E-state index contributed by atoms with van der Waals surface area (Å²) in [7, 11) is 0. The number of carbonyl (C=O) groups is 2. The first-order valence-electron chi connectivity index (χ1n) is 10.7. The first-order valence-corrected chi connectivity index (χ1v) is 11.1. The van der Waals surface area contributed by atoms with Gasteiger partial charge in [0.2, 0.25) is 0 Å². The van der Waals surface area contributed by atoms with Crippen molar-refractivity contribution in [1.82, 2.24) is 9.97 Å². The van der Waals surface area contributed by atoms with Crippen LogP contribution in [-0.2, 0) is 11.2 Å². The van der Waals surface area contributed by atoms with Crippen LogP contribution in [0.15, 0.2) is 54.6 Å². The fraction of sp³-hybridized carbons (Fsp3) is 0.280.